The molecule has 0 N–H and O–H groups in total. The first-order valence-corrected chi connectivity index (χ1v) is 7.64. The Kier molecular flexibility index (Phi) is 4.65. The maximum absolute atomic E-state index is 11.8. The Balaban J connectivity index is 2.19. The maximum Gasteiger partial charge on any atom is 0.305 e. The van der Waals surface area contributed by atoms with Gasteiger partial charge in [-0.2, -0.15) is 5.11 Å². The molecule has 1 aromatic heterocycles. The first-order valence-electron chi connectivity index (χ1n) is 7.64. The van der Waals surface area contributed by atoms with Crippen molar-refractivity contribution in [2.24, 2.45) is 10.2 Å². The van der Waals surface area contributed by atoms with E-state index in [4.69, 9.17) is 9.37 Å². The van der Waals surface area contributed by atoms with Crippen LogP contribution in [0.5, 0.6) is 0 Å². The number of azo groups is 1. The van der Waals surface area contributed by atoms with Crippen molar-refractivity contribution in [1.82, 2.24) is 10.3 Å². The van der Waals surface area contributed by atoms with Gasteiger partial charge in [0.2, 0.25) is 0 Å². The monoisotopic (exact) mass is 336 g/mol. The van der Waals surface area contributed by atoms with Crippen molar-refractivity contribution in [3.05, 3.63) is 77.6 Å². The van der Waals surface area contributed by atoms with Gasteiger partial charge in [0.05, 0.1) is 5.69 Å². The summed E-state index contributed by atoms with van der Waals surface area (Å²) >= 11 is 0. The van der Waals surface area contributed by atoms with Crippen LogP contribution < -0.4 is 0 Å². The summed E-state index contributed by atoms with van der Waals surface area (Å²) in [6, 6.07) is 18.2. The molecule has 0 amide bonds. The summed E-state index contributed by atoms with van der Waals surface area (Å²) < 4.78 is 10.4. The zero-order valence-corrected chi connectivity index (χ0v) is 13.8. The second kappa shape index (κ2) is 7.04. The summed E-state index contributed by atoms with van der Waals surface area (Å²) in [5.41, 5.74) is 0.353. The van der Waals surface area contributed by atoms with Crippen molar-refractivity contribution in [3.63, 3.8) is 0 Å². The van der Waals surface area contributed by atoms with E-state index < -0.39 is 11.7 Å². The van der Waals surface area contributed by atoms with Crippen LogP contribution in [0.1, 0.15) is 23.9 Å². The molecule has 0 saturated carbocycles. The van der Waals surface area contributed by atoms with Crippen LogP contribution in [0.15, 0.2) is 75.5 Å². The predicted octanol–water partition coefficient (Wildman–Crippen LogP) is 3.93. The second-order valence-corrected chi connectivity index (χ2v) is 5.34. The van der Waals surface area contributed by atoms with Crippen molar-refractivity contribution in [2.75, 3.05) is 0 Å². The SMILES string of the molecule is CC(=O)OC(N=Nc1ccccc1)(c1ccccc1)c1nonc1C. The molecule has 0 saturated heterocycles. The number of rotatable bonds is 5. The van der Waals surface area contributed by atoms with E-state index in [1.807, 2.05) is 36.4 Å². The van der Waals surface area contributed by atoms with Crippen LogP contribution in [-0.4, -0.2) is 16.3 Å². The van der Waals surface area contributed by atoms with E-state index >= 15 is 0 Å². The van der Waals surface area contributed by atoms with Crippen LogP contribution in [0, 0.1) is 6.92 Å². The van der Waals surface area contributed by atoms with Crippen molar-refractivity contribution in [1.29, 1.82) is 0 Å². The normalized spacial score (nSPS) is 13.5. The molecule has 0 spiro atoms. The number of carbonyl (C=O) groups is 1. The molecule has 0 aliphatic rings. The van der Waals surface area contributed by atoms with Gasteiger partial charge < -0.3 is 4.74 Å². The summed E-state index contributed by atoms with van der Waals surface area (Å²) in [5, 5.41) is 16.3. The van der Waals surface area contributed by atoms with Crippen LogP contribution in [0.3, 0.4) is 0 Å². The Labute approximate surface area is 144 Å². The van der Waals surface area contributed by atoms with E-state index in [9.17, 15) is 4.79 Å². The molecule has 1 heterocycles. The number of aryl methyl sites for hydroxylation is 1. The van der Waals surface area contributed by atoms with Crippen molar-refractivity contribution < 1.29 is 14.2 Å². The van der Waals surface area contributed by atoms with Gasteiger partial charge in [0.1, 0.15) is 5.69 Å². The fraction of sp³-hybridized carbons (Fsp3) is 0.167. The molecule has 3 rings (SSSR count). The smallest absolute Gasteiger partial charge is 0.305 e. The molecule has 2 aromatic carbocycles. The number of nitrogens with zero attached hydrogens (tertiary/aromatic N) is 4. The molecule has 0 bridgehead atoms. The summed E-state index contributed by atoms with van der Waals surface area (Å²) in [7, 11) is 0. The maximum atomic E-state index is 11.8. The third-order valence-electron chi connectivity index (χ3n) is 3.49. The number of ether oxygens (including phenoxy) is 1. The molecule has 0 aliphatic carbocycles. The molecule has 0 radical (unpaired) electrons. The van der Waals surface area contributed by atoms with Gasteiger partial charge >= 0.3 is 5.97 Å². The highest BCUT2D eigenvalue weighted by Crippen LogP contribution is 2.37. The minimum absolute atomic E-state index is 0.272. The van der Waals surface area contributed by atoms with Crippen LogP contribution >= 0.6 is 0 Å². The lowest BCUT2D eigenvalue weighted by atomic mass is 9.98. The number of esters is 1. The number of hydrogen-bond acceptors (Lipinski definition) is 7. The lowest BCUT2D eigenvalue weighted by Crippen LogP contribution is -2.32. The van der Waals surface area contributed by atoms with E-state index in [1.165, 1.54) is 6.92 Å². The minimum atomic E-state index is -1.58. The van der Waals surface area contributed by atoms with Crippen LogP contribution in [0.2, 0.25) is 0 Å². The molecule has 7 nitrogen and oxygen atoms in total. The summed E-state index contributed by atoms with van der Waals surface area (Å²) in [4.78, 5) is 11.8. The summed E-state index contributed by atoms with van der Waals surface area (Å²) in [5.74, 6) is -0.529. The molecule has 3 aromatic rings. The van der Waals surface area contributed by atoms with E-state index in [1.54, 1.807) is 31.2 Å². The first-order chi connectivity index (χ1) is 12.1. The summed E-state index contributed by atoms with van der Waals surface area (Å²) in [6.07, 6.45) is 0. The molecule has 1 unspecified atom stereocenters. The van der Waals surface area contributed by atoms with Gasteiger partial charge in [0.25, 0.3) is 5.72 Å². The Hall–Kier alpha value is -3.35. The number of benzene rings is 2. The van der Waals surface area contributed by atoms with E-state index in [0.717, 1.165) is 0 Å². The largest absolute Gasteiger partial charge is 0.425 e. The van der Waals surface area contributed by atoms with Gasteiger partial charge in [-0.3, -0.25) is 4.79 Å². The van der Waals surface area contributed by atoms with Gasteiger partial charge in [-0.15, -0.1) is 5.11 Å². The van der Waals surface area contributed by atoms with Crippen molar-refractivity contribution in [2.45, 2.75) is 19.6 Å². The van der Waals surface area contributed by atoms with Gasteiger partial charge in [0, 0.05) is 12.5 Å². The predicted molar refractivity (Wildman–Crippen MR) is 89.0 cm³/mol. The number of aromatic nitrogens is 2. The Morgan fingerprint density at radius 3 is 2.24 bits per heavy atom. The van der Waals surface area contributed by atoms with Crippen LogP contribution in [-0.2, 0) is 15.3 Å². The molecule has 7 heteroatoms. The highest BCUT2D eigenvalue weighted by atomic mass is 16.6. The quantitative estimate of drug-likeness (QED) is 0.520. The van der Waals surface area contributed by atoms with E-state index in [-0.39, 0.29) is 5.69 Å². The molecule has 0 aliphatic heterocycles. The lowest BCUT2D eigenvalue weighted by molar-refractivity contribution is -0.154. The third-order valence-corrected chi connectivity index (χ3v) is 3.49. The van der Waals surface area contributed by atoms with Gasteiger partial charge in [-0.1, -0.05) is 53.7 Å². The Bertz CT molecular complexity index is 878. The van der Waals surface area contributed by atoms with Crippen molar-refractivity contribution in [3.8, 4) is 0 Å². The minimum Gasteiger partial charge on any atom is -0.425 e. The summed E-state index contributed by atoms with van der Waals surface area (Å²) in [6.45, 7) is 3.00. The van der Waals surface area contributed by atoms with Crippen LogP contribution in [0.4, 0.5) is 5.69 Å². The standard InChI is InChI=1S/C18H16N4O3/c1-13-17(21-25-20-13)18(24-14(2)23,15-9-5-3-6-10-15)22-19-16-11-7-4-8-12-16/h3-12H,1-2H3. The lowest BCUT2D eigenvalue weighted by Gasteiger charge is -2.26. The molecular formula is C18H16N4O3. The molecule has 25 heavy (non-hydrogen) atoms. The van der Waals surface area contributed by atoms with Crippen molar-refractivity contribution >= 4 is 11.7 Å². The van der Waals surface area contributed by atoms with Gasteiger partial charge in [0.15, 0.2) is 5.69 Å². The molecule has 1 atom stereocenters. The molecule has 126 valence electrons. The van der Waals surface area contributed by atoms with Gasteiger partial charge in [-0.05, 0) is 24.2 Å². The zero-order valence-electron chi connectivity index (χ0n) is 13.8. The number of hydrogen-bond donors (Lipinski definition) is 0. The van der Waals surface area contributed by atoms with Gasteiger partial charge in [-0.25, -0.2) is 4.63 Å². The second-order valence-electron chi connectivity index (χ2n) is 5.34. The Morgan fingerprint density at radius 1 is 1.04 bits per heavy atom. The highest BCUT2D eigenvalue weighted by molar-refractivity contribution is 5.67. The fourth-order valence-corrected chi connectivity index (χ4v) is 2.40. The molecular weight excluding hydrogens is 320 g/mol. The average Bonchev–Trinajstić information content (AvgIpc) is 3.06. The topological polar surface area (TPSA) is 89.9 Å². The average molecular weight is 336 g/mol. The van der Waals surface area contributed by atoms with E-state index in [0.29, 0.717) is 16.9 Å². The highest BCUT2D eigenvalue weighted by Gasteiger charge is 2.43. The first kappa shape index (κ1) is 16.5. The Morgan fingerprint density at radius 2 is 1.68 bits per heavy atom. The van der Waals surface area contributed by atoms with E-state index in [2.05, 4.69) is 20.5 Å². The zero-order chi connectivity index (χ0) is 17.7. The third kappa shape index (κ3) is 3.45. The fourth-order valence-electron chi connectivity index (χ4n) is 2.40. The molecule has 0 fully saturated rings. The number of carbonyl (C=O) groups excluding carboxylic acids is 1. The van der Waals surface area contributed by atoms with Crippen LogP contribution in [0.25, 0.3) is 0 Å².